The van der Waals surface area contributed by atoms with E-state index < -0.39 is 27.4 Å². The van der Waals surface area contributed by atoms with E-state index in [2.05, 4.69) is 4.72 Å². The van der Waals surface area contributed by atoms with Gasteiger partial charge in [0.05, 0.1) is 10.5 Å². The van der Waals surface area contributed by atoms with E-state index in [1.54, 1.807) is 0 Å². The Labute approximate surface area is 122 Å². The first-order valence-corrected chi connectivity index (χ1v) is 7.99. The van der Waals surface area contributed by atoms with Gasteiger partial charge in [-0.1, -0.05) is 0 Å². The van der Waals surface area contributed by atoms with Gasteiger partial charge in [-0.05, 0) is 37.0 Å². The largest absolute Gasteiger partial charge is 0.478 e. The summed E-state index contributed by atoms with van der Waals surface area (Å²) in [4.78, 5) is 10.6. The van der Waals surface area contributed by atoms with Crippen LogP contribution in [0.2, 0.25) is 0 Å². The molecule has 1 atom stereocenters. The van der Waals surface area contributed by atoms with Crippen molar-refractivity contribution >= 4 is 16.0 Å². The summed E-state index contributed by atoms with van der Waals surface area (Å²) in [5.74, 6) is -2.15. The van der Waals surface area contributed by atoms with Crippen LogP contribution in [0.1, 0.15) is 23.2 Å². The van der Waals surface area contributed by atoms with Crippen LogP contribution in [0.25, 0.3) is 0 Å². The van der Waals surface area contributed by atoms with Gasteiger partial charge in [0.1, 0.15) is 5.82 Å². The number of carboxylic acids is 1. The highest BCUT2D eigenvalue weighted by Crippen LogP contribution is 2.17. The third kappa shape index (κ3) is 3.99. The Hall–Kier alpha value is -1.51. The summed E-state index contributed by atoms with van der Waals surface area (Å²) in [5, 5.41) is 8.81. The minimum atomic E-state index is -3.85. The molecule has 1 aromatic rings. The van der Waals surface area contributed by atoms with Crippen LogP contribution in [-0.2, 0) is 14.8 Å². The van der Waals surface area contributed by atoms with Crippen LogP contribution in [0.5, 0.6) is 0 Å². The maximum Gasteiger partial charge on any atom is 0.338 e. The van der Waals surface area contributed by atoms with Crippen molar-refractivity contribution in [2.45, 2.75) is 17.7 Å². The Balaban J connectivity index is 2.04. The van der Waals surface area contributed by atoms with Crippen molar-refractivity contribution in [1.82, 2.24) is 4.72 Å². The first-order chi connectivity index (χ1) is 9.90. The monoisotopic (exact) mass is 317 g/mol. The molecule has 1 aromatic carbocycles. The lowest BCUT2D eigenvalue weighted by Gasteiger charge is -2.10. The summed E-state index contributed by atoms with van der Waals surface area (Å²) >= 11 is 0. The molecule has 2 rings (SSSR count). The second kappa shape index (κ2) is 6.50. The van der Waals surface area contributed by atoms with Crippen molar-refractivity contribution in [1.29, 1.82) is 0 Å². The molecule has 0 bridgehead atoms. The van der Waals surface area contributed by atoms with Crippen molar-refractivity contribution in [3.8, 4) is 0 Å². The fraction of sp³-hybridized carbons (Fsp3) is 0.462. The molecule has 116 valence electrons. The van der Waals surface area contributed by atoms with Crippen LogP contribution in [0.15, 0.2) is 23.1 Å². The number of halogens is 1. The number of carboxylic acid groups (broad SMARTS) is 1. The van der Waals surface area contributed by atoms with Crippen molar-refractivity contribution in [2.24, 2.45) is 5.92 Å². The Bertz CT molecular complexity index is 625. The van der Waals surface area contributed by atoms with Gasteiger partial charge in [-0.3, -0.25) is 0 Å². The van der Waals surface area contributed by atoms with Gasteiger partial charge in [-0.2, -0.15) is 0 Å². The first-order valence-electron chi connectivity index (χ1n) is 6.50. The zero-order chi connectivity index (χ0) is 15.5. The van der Waals surface area contributed by atoms with E-state index in [0.29, 0.717) is 25.6 Å². The number of sulfonamides is 1. The summed E-state index contributed by atoms with van der Waals surface area (Å²) in [5.41, 5.74) is -0.665. The number of rotatable bonds is 6. The second-order valence-corrected chi connectivity index (χ2v) is 6.63. The van der Waals surface area contributed by atoms with Crippen molar-refractivity contribution in [3.63, 3.8) is 0 Å². The van der Waals surface area contributed by atoms with Crippen LogP contribution in [0.3, 0.4) is 0 Å². The fourth-order valence-corrected chi connectivity index (χ4v) is 3.20. The second-order valence-electron chi connectivity index (χ2n) is 4.86. The lowest BCUT2D eigenvalue weighted by atomic mass is 10.1. The molecule has 1 saturated heterocycles. The minimum absolute atomic E-state index is 0.232. The minimum Gasteiger partial charge on any atom is -0.478 e. The Kier molecular flexibility index (Phi) is 4.92. The molecule has 0 aromatic heterocycles. The van der Waals surface area contributed by atoms with E-state index in [1.165, 1.54) is 0 Å². The lowest BCUT2D eigenvalue weighted by Crippen LogP contribution is -2.26. The van der Waals surface area contributed by atoms with Gasteiger partial charge < -0.3 is 9.84 Å². The van der Waals surface area contributed by atoms with E-state index in [0.717, 1.165) is 24.6 Å². The van der Waals surface area contributed by atoms with Crippen molar-refractivity contribution in [2.75, 3.05) is 19.8 Å². The van der Waals surface area contributed by atoms with Gasteiger partial charge in [0.2, 0.25) is 10.0 Å². The zero-order valence-electron chi connectivity index (χ0n) is 11.2. The van der Waals surface area contributed by atoms with Gasteiger partial charge in [-0.15, -0.1) is 0 Å². The SMILES string of the molecule is O=C(O)c1cc(S(=O)(=O)NCCC2CCOC2)ccc1F. The summed E-state index contributed by atoms with van der Waals surface area (Å²) in [6.07, 6.45) is 1.55. The molecule has 0 saturated carbocycles. The molecule has 0 radical (unpaired) electrons. The predicted molar refractivity (Wildman–Crippen MR) is 72.1 cm³/mol. The Morgan fingerprint density at radius 1 is 1.48 bits per heavy atom. The van der Waals surface area contributed by atoms with Crippen molar-refractivity contribution < 1.29 is 27.4 Å². The normalized spacial score (nSPS) is 18.8. The van der Waals surface area contributed by atoms with Crippen molar-refractivity contribution in [3.05, 3.63) is 29.6 Å². The molecule has 2 N–H and O–H groups in total. The topological polar surface area (TPSA) is 92.7 Å². The Morgan fingerprint density at radius 3 is 2.86 bits per heavy atom. The summed E-state index contributed by atoms with van der Waals surface area (Å²) in [7, 11) is -3.85. The molecule has 6 nitrogen and oxygen atoms in total. The molecule has 1 unspecified atom stereocenters. The van der Waals surface area contributed by atoms with Gasteiger partial charge >= 0.3 is 5.97 Å². The summed E-state index contributed by atoms with van der Waals surface area (Å²) in [6, 6.07) is 2.70. The third-order valence-corrected chi connectivity index (χ3v) is 4.81. The quantitative estimate of drug-likeness (QED) is 0.823. The van der Waals surface area contributed by atoms with E-state index in [1.807, 2.05) is 0 Å². The molecule has 1 aliphatic heterocycles. The molecule has 21 heavy (non-hydrogen) atoms. The summed E-state index contributed by atoms with van der Waals surface area (Å²) < 4.78 is 44.9. The molecule has 0 aliphatic carbocycles. The van der Waals surface area contributed by atoms with Crippen LogP contribution in [0, 0.1) is 11.7 Å². The molecular formula is C13H16FNO5S. The van der Waals surface area contributed by atoms with Crippen LogP contribution < -0.4 is 4.72 Å². The van der Waals surface area contributed by atoms with Crippen LogP contribution in [-0.4, -0.2) is 39.3 Å². The highest BCUT2D eigenvalue weighted by atomic mass is 32.2. The number of aromatic carboxylic acids is 1. The van der Waals surface area contributed by atoms with E-state index >= 15 is 0 Å². The van der Waals surface area contributed by atoms with E-state index in [-0.39, 0.29) is 11.4 Å². The molecule has 0 spiro atoms. The fourth-order valence-electron chi connectivity index (χ4n) is 2.13. The number of ether oxygens (including phenoxy) is 1. The zero-order valence-corrected chi connectivity index (χ0v) is 12.0. The van der Waals surface area contributed by atoms with E-state index in [4.69, 9.17) is 9.84 Å². The van der Waals surface area contributed by atoms with Gasteiger partial charge in [0.25, 0.3) is 0 Å². The lowest BCUT2D eigenvalue weighted by molar-refractivity contribution is 0.0691. The maximum atomic E-state index is 13.3. The standard InChI is InChI=1S/C13H16FNO5S/c14-12-2-1-10(7-11(12)13(16)17)21(18,19)15-5-3-9-4-6-20-8-9/h1-2,7,9,15H,3-6,8H2,(H,16,17). The number of nitrogens with one attached hydrogen (secondary N) is 1. The summed E-state index contributed by atoms with van der Waals surface area (Å²) in [6.45, 7) is 1.55. The van der Waals surface area contributed by atoms with E-state index in [9.17, 15) is 17.6 Å². The third-order valence-electron chi connectivity index (χ3n) is 3.35. The highest BCUT2D eigenvalue weighted by molar-refractivity contribution is 7.89. The molecule has 1 heterocycles. The average molecular weight is 317 g/mol. The van der Waals surface area contributed by atoms with Gasteiger partial charge in [0, 0.05) is 19.8 Å². The number of hydrogen-bond donors (Lipinski definition) is 2. The Morgan fingerprint density at radius 2 is 2.24 bits per heavy atom. The van der Waals surface area contributed by atoms with Gasteiger partial charge in [-0.25, -0.2) is 22.3 Å². The number of hydrogen-bond acceptors (Lipinski definition) is 4. The molecule has 8 heteroatoms. The maximum absolute atomic E-state index is 13.3. The molecule has 1 fully saturated rings. The average Bonchev–Trinajstić information content (AvgIpc) is 2.91. The predicted octanol–water partition coefficient (Wildman–Crippen LogP) is 1.23. The highest BCUT2D eigenvalue weighted by Gasteiger charge is 2.20. The van der Waals surface area contributed by atoms with Crippen LogP contribution in [0.4, 0.5) is 4.39 Å². The number of benzene rings is 1. The molecule has 0 amide bonds. The smallest absolute Gasteiger partial charge is 0.338 e. The van der Waals surface area contributed by atoms with Gasteiger partial charge in [0.15, 0.2) is 0 Å². The number of carbonyl (C=O) groups is 1. The molecule has 1 aliphatic rings. The molecular weight excluding hydrogens is 301 g/mol. The first kappa shape index (κ1) is 15.9. The van der Waals surface area contributed by atoms with Crippen LogP contribution >= 0.6 is 0 Å².